The van der Waals surface area contributed by atoms with Crippen LogP contribution in [0.15, 0.2) is 0 Å². The monoisotopic (exact) mass is 282 g/mol. The number of nitrogens with zero attached hydrogens (tertiary/aromatic N) is 3. The third kappa shape index (κ3) is 3.89. The van der Waals surface area contributed by atoms with Gasteiger partial charge < -0.3 is 10.2 Å². The second-order valence-corrected chi connectivity index (χ2v) is 5.98. The van der Waals surface area contributed by atoms with Crippen molar-refractivity contribution in [2.24, 2.45) is 5.92 Å². The number of hydrogen-bond donors (Lipinski definition) is 1. The van der Waals surface area contributed by atoms with Gasteiger partial charge in [-0.05, 0) is 25.2 Å². The highest BCUT2D eigenvalue weighted by Crippen LogP contribution is 2.23. The Morgan fingerprint density at radius 1 is 1.47 bits per heavy atom. The largest absolute Gasteiger partial charge is 0.374 e. The molecule has 1 aromatic rings. The fraction of sp³-hybridized carbons (Fsp3) is 0.769. The summed E-state index contributed by atoms with van der Waals surface area (Å²) < 4.78 is 4.00. The van der Waals surface area contributed by atoms with Crippen molar-refractivity contribution in [1.29, 1.82) is 0 Å². The van der Waals surface area contributed by atoms with Crippen molar-refractivity contribution in [2.45, 2.75) is 46.1 Å². The lowest BCUT2D eigenvalue weighted by Crippen LogP contribution is -2.30. The van der Waals surface area contributed by atoms with Crippen molar-refractivity contribution in [3.05, 3.63) is 5.69 Å². The number of anilines is 1. The molecule has 0 saturated carbocycles. The molecule has 1 N–H and O–H groups in total. The fourth-order valence-electron chi connectivity index (χ4n) is 2.21. The Kier molecular flexibility index (Phi) is 5.13. The van der Waals surface area contributed by atoms with Crippen molar-refractivity contribution in [3.63, 3.8) is 0 Å². The van der Waals surface area contributed by atoms with Crippen LogP contribution in [-0.2, 0) is 11.3 Å². The van der Waals surface area contributed by atoms with E-state index in [4.69, 9.17) is 0 Å². The molecule has 0 aromatic carbocycles. The average molecular weight is 282 g/mol. The number of hydrogen-bond acceptors (Lipinski definition) is 5. The first kappa shape index (κ1) is 14.2. The van der Waals surface area contributed by atoms with E-state index in [9.17, 15) is 4.79 Å². The van der Waals surface area contributed by atoms with Crippen LogP contribution in [0.4, 0.5) is 5.00 Å². The summed E-state index contributed by atoms with van der Waals surface area (Å²) in [5.74, 6) is 0.888. The molecule has 106 valence electrons. The van der Waals surface area contributed by atoms with Crippen molar-refractivity contribution in [2.75, 3.05) is 18.4 Å². The molecule has 0 aliphatic carbocycles. The molecule has 1 atom stereocenters. The summed E-state index contributed by atoms with van der Waals surface area (Å²) in [5, 5.41) is 8.49. The summed E-state index contributed by atoms with van der Waals surface area (Å²) in [6, 6.07) is 0. The molecule has 5 nitrogen and oxygen atoms in total. The van der Waals surface area contributed by atoms with Crippen molar-refractivity contribution >= 4 is 22.4 Å². The molecule has 0 radical (unpaired) electrons. The molecule has 1 amide bonds. The third-order valence-electron chi connectivity index (χ3n) is 3.53. The zero-order valence-corrected chi connectivity index (χ0v) is 12.5. The summed E-state index contributed by atoms with van der Waals surface area (Å²) in [5.41, 5.74) is 0.904. The van der Waals surface area contributed by atoms with Gasteiger partial charge >= 0.3 is 0 Å². The van der Waals surface area contributed by atoms with E-state index in [0.717, 1.165) is 43.0 Å². The van der Waals surface area contributed by atoms with Gasteiger partial charge in [0.25, 0.3) is 0 Å². The zero-order chi connectivity index (χ0) is 13.7. The van der Waals surface area contributed by atoms with Gasteiger partial charge in [0, 0.05) is 31.0 Å². The second kappa shape index (κ2) is 6.84. The van der Waals surface area contributed by atoms with Crippen LogP contribution >= 0.6 is 11.5 Å². The Morgan fingerprint density at radius 3 is 3.11 bits per heavy atom. The molecule has 0 bridgehead atoms. The zero-order valence-electron chi connectivity index (χ0n) is 11.7. The molecular formula is C13H22N4OS. The number of likely N-dealkylation sites (tertiary alicyclic amines) is 1. The molecule has 19 heavy (non-hydrogen) atoms. The molecule has 2 heterocycles. The number of carbonyl (C=O) groups excluding carboxylic acids is 1. The summed E-state index contributed by atoms with van der Waals surface area (Å²) in [6.07, 6.45) is 3.82. The Bertz CT molecular complexity index is 421. The van der Waals surface area contributed by atoms with E-state index in [0.29, 0.717) is 18.9 Å². The molecule has 1 fully saturated rings. The highest BCUT2D eigenvalue weighted by atomic mass is 32.1. The van der Waals surface area contributed by atoms with Crippen LogP contribution in [0.2, 0.25) is 0 Å². The van der Waals surface area contributed by atoms with Gasteiger partial charge in [-0.2, -0.15) is 0 Å². The van der Waals surface area contributed by atoms with E-state index >= 15 is 0 Å². The molecule has 1 unspecified atom stereocenters. The lowest BCUT2D eigenvalue weighted by atomic mass is 10.0. The van der Waals surface area contributed by atoms with E-state index < -0.39 is 0 Å². The molecule has 1 saturated heterocycles. The predicted molar refractivity (Wildman–Crippen MR) is 77.1 cm³/mol. The maximum absolute atomic E-state index is 12.1. The SMILES string of the molecule is CCCNc1snnc1CN1CCC(C)CCC1=O. The van der Waals surface area contributed by atoms with E-state index in [-0.39, 0.29) is 5.91 Å². The van der Waals surface area contributed by atoms with Gasteiger partial charge in [-0.25, -0.2) is 0 Å². The molecule has 6 heteroatoms. The predicted octanol–water partition coefficient (Wildman–Crippen LogP) is 2.51. The first-order valence-corrected chi connectivity index (χ1v) is 7.81. The number of carbonyl (C=O) groups is 1. The van der Waals surface area contributed by atoms with Gasteiger partial charge in [0.05, 0.1) is 6.54 Å². The maximum Gasteiger partial charge on any atom is 0.222 e. The second-order valence-electron chi connectivity index (χ2n) is 5.22. The van der Waals surface area contributed by atoms with Crippen LogP contribution in [-0.4, -0.2) is 33.5 Å². The van der Waals surface area contributed by atoms with Crippen LogP contribution in [0.1, 0.15) is 45.2 Å². The molecule has 1 aliphatic heterocycles. The Labute approximate surface area is 118 Å². The van der Waals surface area contributed by atoms with Gasteiger partial charge in [-0.3, -0.25) is 4.79 Å². The normalized spacial score (nSPS) is 20.4. The molecule has 0 spiro atoms. The van der Waals surface area contributed by atoms with Crippen molar-refractivity contribution in [3.8, 4) is 0 Å². The Morgan fingerprint density at radius 2 is 2.32 bits per heavy atom. The summed E-state index contributed by atoms with van der Waals surface area (Å²) >= 11 is 1.37. The van der Waals surface area contributed by atoms with E-state index in [1.807, 2.05) is 4.90 Å². The standard InChI is InChI=1S/C13H22N4OS/c1-3-7-14-13-11(15-16-19-13)9-17-8-6-10(2)4-5-12(17)18/h10,14H,3-9H2,1-2H3. The van der Waals surface area contributed by atoms with Crippen LogP contribution in [0.5, 0.6) is 0 Å². The molecular weight excluding hydrogens is 260 g/mol. The quantitative estimate of drug-likeness (QED) is 0.901. The molecule has 1 aliphatic rings. The summed E-state index contributed by atoms with van der Waals surface area (Å²) in [4.78, 5) is 14.0. The van der Waals surface area contributed by atoms with Gasteiger partial charge in [-0.1, -0.05) is 18.3 Å². The van der Waals surface area contributed by atoms with Crippen LogP contribution < -0.4 is 5.32 Å². The average Bonchev–Trinajstić information content (AvgIpc) is 2.78. The highest BCUT2D eigenvalue weighted by Gasteiger charge is 2.22. The fourth-order valence-corrected chi connectivity index (χ4v) is 2.80. The summed E-state index contributed by atoms with van der Waals surface area (Å²) in [7, 11) is 0. The van der Waals surface area contributed by atoms with Gasteiger partial charge in [0.15, 0.2) is 0 Å². The minimum absolute atomic E-state index is 0.249. The smallest absolute Gasteiger partial charge is 0.222 e. The third-order valence-corrected chi connectivity index (χ3v) is 4.25. The topological polar surface area (TPSA) is 58.1 Å². The first-order valence-electron chi connectivity index (χ1n) is 7.03. The van der Waals surface area contributed by atoms with E-state index in [1.165, 1.54) is 11.5 Å². The number of amides is 1. The van der Waals surface area contributed by atoms with Gasteiger partial charge in [-0.15, -0.1) is 5.10 Å². The minimum Gasteiger partial charge on any atom is -0.374 e. The maximum atomic E-state index is 12.1. The summed E-state index contributed by atoms with van der Waals surface area (Å²) in [6.45, 7) is 6.69. The minimum atomic E-state index is 0.249. The van der Waals surface area contributed by atoms with Crippen molar-refractivity contribution < 1.29 is 4.79 Å². The van der Waals surface area contributed by atoms with E-state index in [1.54, 1.807) is 0 Å². The lowest BCUT2D eigenvalue weighted by Gasteiger charge is -2.19. The Hall–Kier alpha value is -1.17. The molecule has 1 aromatic heterocycles. The number of aromatic nitrogens is 2. The van der Waals surface area contributed by atoms with Crippen molar-refractivity contribution in [1.82, 2.24) is 14.5 Å². The molecule has 2 rings (SSSR count). The number of nitrogens with one attached hydrogen (secondary N) is 1. The number of rotatable bonds is 5. The first-order chi connectivity index (χ1) is 9.20. The van der Waals surface area contributed by atoms with Crippen LogP contribution in [0, 0.1) is 5.92 Å². The lowest BCUT2D eigenvalue weighted by molar-refractivity contribution is -0.131. The van der Waals surface area contributed by atoms with E-state index in [2.05, 4.69) is 28.8 Å². The van der Waals surface area contributed by atoms with Gasteiger partial charge in [0.1, 0.15) is 10.7 Å². The van der Waals surface area contributed by atoms with Crippen LogP contribution in [0.3, 0.4) is 0 Å². The van der Waals surface area contributed by atoms with Crippen LogP contribution in [0.25, 0.3) is 0 Å². The Balaban J connectivity index is 1.99. The highest BCUT2D eigenvalue weighted by molar-refractivity contribution is 7.10. The van der Waals surface area contributed by atoms with Gasteiger partial charge in [0.2, 0.25) is 5.91 Å².